The van der Waals surface area contributed by atoms with Gasteiger partial charge in [0.2, 0.25) is 0 Å². The van der Waals surface area contributed by atoms with Gasteiger partial charge in [-0.05, 0) is 16.7 Å². The SMILES string of the molecule is N#C[C@H](O[C@@H]1O[C@H](CO[C@@H]2O[C@H](CO)[C@@H](O)[C@H](O)[C@H]2O)[C@@H](O)[C@H](O)[C@H]1O)c1ccccc1.N#C[C@H](O[C@@H]1O[C@H](CO[C@@H]2O[C@H](CO)[C@@H](O)[C@H](O)[C@H]2O)[C@@H](O)[C@H](O)[C@H]1O)c1ccccc1.N#C[C@H](O[C@@H]1O[C@H](CO[C@@H]2O[C@H](CO)[C@@H](O)[C@H](O)[C@H]2O)[C@@H](O)[C@H](O)[C@H]1O)c1ccccc1. The van der Waals surface area contributed by atoms with Crippen molar-refractivity contribution in [2.75, 3.05) is 39.6 Å². The Morgan fingerprint density at radius 3 is 0.656 bits per heavy atom. The average molecular weight is 1370 g/mol. The summed E-state index contributed by atoms with van der Waals surface area (Å²) < 4.78 is 64.8. The van der Waals surface area contributed by atoms with Gasteiger partial charge in [-0.2, -0.15) is 15.8 Å². The van der Waals surface area contributed by atoms with Crippen LogP contribution in [-0.4, -0.2) is 331 Å². The molecule has 0 spiro atoms. The predicted octanol–water partition coefficient (Wildman–Crippen LogP) is -9.32. The van der Waals surface area contributed by atoms with Crippen LogP contribution in [0.5, 0.6) is 0 Å². The van der Waals surface area contributed by atoms with Crippen LogP contribution in [0, 0.1) is 34.0 Å². The molecule has 0 aromatic heterocycles. The molecule has 6 saturated heterocycles. The van der Waals surface area contributed by atoms with Gasteiger partial charge in [-0.1, -0.05) is 91.0 Å². The Labute approximate surface area is 546 Å². The number of hydrogen-bond acceptors (Lipinski definition) is 36. The fraction of sp³-hybridized carbons (Fsp3) is 0.650. The Morgan fingerprint density at radius 2 is 0.458 bits per heavy atom. The Hall–Kier alpha value is -5.19. The molecule has 0 saturated carbocycles. The fourth-order valence-corrected chi connectivity index (χ4v) is 10.5. The van der Waals surface area contributed by atoms with Crippen molar-refractivity contribution < 1.29 is 164 Å². The highest BCUT2D eigenvalue weighted by atomic mass is 16.8. The van der Waals surface area contributed by atoms with Gasteiger partial charge in [-0.15, -0.1) is 0 Å². The summed E-state index contributed by atoms with van der Waals surface area (Å²) in [6.45, 7) is -3.42. The van der Waals surface area contributed by atoms with Crippen molar-refractivity contribution in [3.05, 3.63) is 108 Å². The minimum absolute atomic E-state index is 0.487. The van der Waals surface area contributed by atoms with Crippen molar-refractivity contribution >= 4 is 0 Å². The van der Waals surface area contributed by atoms with Gasteiger partial charge < -0.3 is 164 Å². The Bertz CT molecular complexity index is 2580. The molecule has 3 aromatic rings. The van der Waals surface area contributed by atoms with Gasteiger partial charge in [-0.3, -0.25) is 0 Å². The highest BCUT2D eigenvalue weighted by molar-refractivity contribution is 5.24. The van der Waals surface area contributed by atoms with E-state index in [4.69, 9.17) is 56.8 Å². The molecule has 21 N–H and O–H groups in total. The number of hydrogen-bond donors (Lipinski definition) is 21. The standard InChI is InChI=1S/3C20H27NO11/c3*21-6-10(9-4-2-1-3-5-9)30-20-18(28)16(26)14(24)12(32-20)8-29-19-17(27)15(25)13(23)11(7-22)31-19/h3*1-5,10-20,22-28H,7-8H2/t3*10-,11+,12+,13+,14+,15-,16-,17+,18+,19+,20+/m000/s1. The van der Waals surface area contributed by atoms with Crippen LogP contribution in [-0.2, 0) is 56.8 Å². The van der Waals surface area contributed by atoms with E-state index >= 15 is 0 Å². The third-order valence-electron chi connectivity index (χ3n) is 16.3. The molecule has 3 aromatic carbocycles. The topological polar surface area (TPSA) is 607 Å². The third-order valence-corrected chi connectivity index (χ3v) is 16.3. The highest BCUT2D eigenvalue weighted by Crippen LogP contribution is 2.34. The molecule has 9 rings (SSSR count). The van der Waals surface area contributed by atoms with Gasteiger partial charge in [0.25, 0.3) is 0 Å². The van der Waals surface area contributed by atoms with Crippen molar-refractivity contribution in [1.29, 1.82) is 15.8 Å². The molecule has 0 bridgehead atoms. The van der Waals surface area contributed by atoms with Gasteiger partial charge >= 0.3 is 0 Å². The quantitative estimate of drug-likeness (QED) is 0.0471. The number of rotatable bonds is 21. The van der Waals surface area contributed by atoms with Crippen molar-refractivity contribution in [2.24, 2.45) is 0 Å². The first-order valence-corrected chi connectivity index (χ1v) is 30.0. The van der Waals surface area contributed by atoms with Crippen LogP contribution in [0.4, 0.5) is 0 Å². The van der Waals surface area contributed by atoms with Gasteiger partial charge in [0.1, 0.15) is 146 Å². The van der Waals surface area contributed by atoms with Crippen LogP contribution < -0.4 is 0 Å². The fourth-order valence-electron chi connectivity index (χ4n) is 10.5. The second-order valence-corrected chi connectivity index (χ2v) is 22.8. The molecule has 36 nitrogen and oxygen atoms in total. The smallest absolute Gasteiger partial charge is 0.188 e. The first kappa shape index (κ1) is 78.2. The monoisotopic (exact) mass is 1370 g/mol. The van der Waals surface area contributed by atoms with E-state index in [1.807, 2.05) is 18.2 Å². The molecule has 6 heterocycles. The van der Waals surface area contributed by atoms with Gasteiger partial charge in [0.15, 0.2) is 56.1 Å². The number of aliphatic hydroxyl groups is 21. The Balaban J connectivity index is 0.000000203. The lowest BCUT2D eigenvalue weighted by atomic mass is 9.98. The summed E-state index contributed by atoms with van der Waals surface area (Å²) in [6.07, 6.45) is -49.4. The summed E-state index contributed by atoms with van der Waals surface area (Å²) in [7, 11) is 0. The summed E-state index contributed by atoms with van der Waals surface area (Å²) in [5.41, 5.74) is 1.46. The molecule has 0 radical (unpaired) electrons. The van der Waals surface area contributed by atoms with E-state index in [2.05, 4.69) is 0 Å². The molecule has 36 heteroatoms. The maximum Gasteiger partial charge on any atom is 0.188 e. The number of benzene rings is 3. The van der Waals surface area contributed by atoms with Crippen LogP contribution >= 0.6 is 0 Å². The summed E-state index contributed by atoms with van der Waals surface area (Å²) >= 11 is 0. The van der Waals surface area contributed by atoms with E-state index in [1.165, 1.54) is 0 Å². The first-order chi connectivity index (χ1) is 45.8. The highest BCUT2D eigenvalue weighted by Gasteiger charge is 2.52. The van der Waals surface area contributed by atoms with Crippen molar-refractivity contribution in [3.63, 3.8) is 0 Å². The van der Waals surface area contributed by atoms with Gasteiger partial charge in [0.05, 0.1) is 57.8 Å². The predicted molar refractivity (Wildman–Crippen MR) is 307 cm³/mol. The molecule has 0 aliphatic carbocycles. The van der Waals surface area contributed by atoms with Crippen LogP contribution in [0.3, 0.4) is 0 Å². The van der Waals surface area contributed by atoms with E-state index in [-0.39, 0.29) is 0 Å². The van der Waals surface area contributed by atoms with E-state index in [9.17, 15) is 123 Å². The molecule has 6 aliphatic rings. The van der Waals surface area contributed by atoms with Crippen molar-refractivity contribution in [2.45, 2.75) is 203 Å². The van der Waals surface area contributed by atoms with E-state index < -0.39 is 242 Å². The second-order valence-electron chi connectivity index (χ2n) is 22.8. The Morgan fingerprint density at radius 1 is 0.271 bits per heavy atom. The molecule has 534 valence electrons. The van der Waals surface area contributed by atoms with E-state index in [1.54, 1.807) is 91.0 Å². The molecule has 33 atom stereocenters. The van der Waals surface area contributed by atoms with E-state index in [0.717, 1.165) is 0 Å². The average Bonchev–Trinajstić information content (AvgIpc) is 0.972. The summed E-state index contributed by atoms with van der Waals surface area (Å²) in [4.78, 5) is 0. The first-order valence-electron chi connectivity index (χ1n) is 30.0. The number of nitrogens with zero attached hydrogens (tertiary/aromatic N) is 3. The summed E-state index contributed by atoms with van der Waals surface area (Å²) in [6, 6.07) is 30.9. The molecular weight excluding hydrogens is 1290 g/mol. The zero-order valence-electron chi connectivity index (χ0n) is 50.6. The lowest BCUT2D eigenvalue weighted by Crippen LogP contribution is -2.61. The van der Waals surface area contributed by atoms with Crippen LogP contribution in [0.2, 0.25) is 0 Å². The maximum absolute atomic E-state index is 10.3. The molecule has 96 heavy (non-hydrogen) atoms. The number of aliphatic hydroxyl groups excluding tert-OH is 21. The lowest BCUT2D eigenvalue weighted by molar-refractivity contribution is -0.334. The molecular formula is C60H81N3O33. The lowest BCUT2D eigenvalue weighted by Gasteiger charge is -2.43. The largest absolute Gasteiger partial charge is 0.394 e. The third kappa shape index (κ3) is 19.0. The van der Waals surface area contributed by atoms with Crippen molar-refractivity contribution in [3.8, 4) is 18.2 Å². The number of nitriles is 3. The Kier molecular flexibility index (Phi) is 29.9. The zero-order valence-corrected chi connectivity index (χ0v) is 50.6. The van der Waals surface area contributed by atoms with Gasteiger partial charge in [0, 0.05) is 0 Å². The molecule has 0 unspecified atom stereocenters. The summed E-state index contributed by atoms with van der Waals surface area (Å²) in [5.74, 6) is 0. The van der Waals surface area contributed by atoms with Crippen LogP contribution in [0.15, 0.2) is 91.0 Å². The zero-order chi connectivity index (χ0) is 70.2. The molecule has 0 amide bonds. The minimum atomic E-state index is -1.70. The van der Waals surface area contributed by atoms with Gasteiger partial charge in [-0.25, -0.2) is 0 Å². The number of ether oxygens (including phenoxy) is 12. The normalized spacial score (nSPS) is 41.1. The molecule has 6 fully saturated rings. The van der Waals surface area contributed by atoms with E-state index in [0.29, 0.717) is 16.7 Å². The van der Waals surface area contributed by atoms with Crippen molar-refractivity contribution in [1.82, 2.24) is 0 Å². The van der Waals surface area contributed by atoms with Crippen LogP contribution in [0.1, 0.15) is 35.0 Å². The molecule has 6 aliphatic heterocycles. The second kappa shape index (κ2) is 36.8. The maximum atomic E-state index is 10.3. The minimum Gasteiger partial charge on any atom is -0.394 e. The summed E-state index contributed by atoms with van der Waals surface area (Å²) in [5, 5.41) is 237. The van der Waals surface area contributed by atoms with Crippen LogP contribution in [0.25, 0.3) is 0 Å².